The third-order valence-corrected chi connectivity index (χ3v) is 6.39. The fourth-order valence-electron chi connectivity index (χ4n) is 4.44. The number of hydrogen-bond donors (Lipinski definition) is 1. The standard InChI is InChI=1S/C27H35BrN6O5/c1-25(2,3)37-23(35)33(16-17-12-27(7,13-17)39-24(36)38-26(4,5)6)21-11-20(31-18-9-8-10-29-14-18)32-22-19(28)15-30-34(21)22/h8-11,14-15,17H,12-13,16H2,1-7H3,(H,31,32)/t17-,27+. The van der Waals surface area contributed by atoms with E-state index >= 15 is 0 Å². The Morgan fingerprint density at radius 1 is 1.15 bits per heavy atom. The first-order chi connectivity index (χ1) is 18.1. The average molecular weight is 604 g/mol. The Morgan fingerprint density at radius 2 is 1.85 bits per heavy atom. The molecule has 3 heterocycles. The highest BCUT2D eigenvalue weighted by Gasteiger charge is 2.46. The molecule has 12 heteroatoms. The van der Waals surface area contributed by atoms with Gasteiger partial charge in [-0.1, -0.05) is 0 Å². The fourth-order valence-corrected chi connectivity index (χ4v) is 4.79. The second-order valence-electron chi connectivity index (χ2n) is 12.0. The zero-order chi connectivity index (χ0) is 28.6. The maximum Gasteiger partial charge on any atom is 0.509 e. The number of rotatable bonds is 6. The minimum absolute atomic E-state index is 0.0434. The normalized spacial score (nSPS) is 19.2. The van der Waals surface area contributed by atoms with Gasteiger partial charge in [0.2, 0.25) is 0 Å². The van der Waals surface area contributed by atoms with Crippen molar-refractivity contribution in [2.75, 3.05) is 16.8 Å². The number of ether oxygens (including phenoxy) is 3. The molecule has 1 fully saturated rings. The van der Waals surface area contributed by atoms with Crippen LogP contribution in [-0.4, -0.2) is 55.2 Å². The monoisotopic (exact) mass is 602 g/mol. The van der Waals surface area contributed by atoms with Gasteiger partial charge in [0.05, 0.1) is 22.6 Å². The van der Waals surface area contributed by atoms with Crippen LogP contribution in [0.3, 0.4) is 0 Å². The number of pyridine rings is 1. The van der Waals surface area contributed by atoms with Gasteiger partial charge in [0.15, 0.2) is 5.65 Å². The largest absolute Gasteiger partial charge is 0.509 e. The van der Waals surface area contributed by atoms with E-state index in [4.69, 9.17) is 14.2 Å². The van der Waals surface area contributed by atoms with Crippen LogP contribution in [0.5, 0.6) is 0 Å². The van der Waals surface area contributed by atoms with Crippen LogP contribution in [0.15, 0.2) is 41.3 Å². The lowest BCUT2D eigenvalue weighted by Crippen LogP contribution is -2.51. The quantitative estimate of drug-likeness (QED) is 0.315. The van der Waals surface area contributed by atoms with Crippen molar-refractivity contribution >= 4 is 51.1 Å². The van der Waals surface area contributed by atoms with Crippen LogP contribution in [-0.2, 0) is 14.2 Å². The highest BCUT2D eigenvalue weighted by Crippen LogP contribution is 2.42. The highest BCUT2D eigenvalue weighted by atomic mass is 79.9. The van der Waals surface area contributed by atoms with E-state index in [1.807, 2.05) is 39.8 Å². The molecule has 1 aliphatic rings. The zero-order valence-electron chi connectivity index (χ0n) is 23.3. The van der Waals surface area contributed by atoms with Crippen LogP contribution in [0.2, 0.25) is 0 Å². The fraction of sp³-hybridized carbons (Fsp3) is 0.519. The van der Waals surface area contributed by atoms with E-state index in [1.165, 1.54) is 0 Å². The number of amides is 1. The molecule has 0 bridgehead atoms. The SMILES string of the molecule is CC(C)(C)OC(=O)O[C@]1(C)C[C@H](CN(C(=O)OC(C)(C)C)c2cc(Nc3cccnc3)nc3c(Br)cnn23)C1. The summed E-state index contributed by atoms with van der Waals surface area (Å²) in [5, 5.41) is 7.70. The summed E-state index contributed by atoms with van der Waals surface area (Å²) in [5.41, 5.74) is -0.761. The predicted molar refractivity (Wildman–Crippen MR) is 150 cm³/mol. The van der Waals surface area contributed by atoms with Crippen molar-refractivity contribution in [1.29, 1.82) is 0 Å². The molecule has 0 unspecified atom stereocenters. The molecule has 1 aliphatic carbocycles. The lowest BCUT2D eigenvalue weighted by Gasteiger charge is -2.45. The number of hydrogen-bond acceptors (Lipinski definition) is 9. The Balaban J connectivity index is 1.62. The molecule has 0 aliphatic heterocycles. The first-order valence-electron chi connectivity index (χ1n) is 12.7. The molecular formula is C27H35BrN6O5. The predicted octanol–water partition coefficient (Wildman–Crippen LogP) is 6.49. The van der Waals surface area contributed by atoms with E-state index in [1.54, 1.807) is 54.8 Å². The summed E-state index contributed by atoms with van der Waals surface area (Å²) < 4.78 is 19.0. The van der Waals surface area contributed by atoms with Gasteiger partial charge in [0.25, 0.3) is 0 Å². The van der Waals surface area contributed by atoms with Crippen molar-refractivity contribution in [3.63, 3.8) is 0 Å². The number of fused-ring (bicyclic) bond motifs is 1. The molecule has 3 aromatic heterocycles. The molecule has 3 aromatic rings. The summed E-state index contributed by atoms with van der Waals surface area (Å²) in [6, 6.07) is 5.43. The van der Waals surface area contributed by atoms with Crippen molar-refractivity contribution in [3.8, 4) is 0 Å². The second kappa shape index (κ2) is 10.6. The van der Waals surface area contributed by atoms with Gasteiger partial charge < -0.3 is 19.5 Å². The van der Waals surface area contributed by atoms with Crippen molar-refractivity contribution in [2.24, 2.45) is 5.92 Å². The number of halogens is 1. The Hall–Kier alpha value is -3.41. The molecular weight excluding hydrogens is 568 g/mol. The molecule has 0 saturated heterocycles. The van der Waals surface area contributed by atoms with E-state index in [0.717, 1.165) is 5.69 Å². The lowest BCUT2D eigenvalue weighted by atomic mass is 9.71. The third kappa shape index (κ3) is 7.37. The van der Waals surface area contributed by atoms with Gasteiger partial charge >= 0.3 is 12.2 Å². The average Bonchev–Trinajstić information content (AvgIpc) is 3.14. The molecule has 0 aromatic carbocycles. The minimum atomic E-state index is -0.711. The highest BCUT2D eigenvalue weighted by molar-refractivity contribution is 9.10. The van der Waals surface area contributed by atoms with Gasteiger partial charge in [-0.15, -0.1) is 0 Å². The second-order valence-corrected chi connectivity index (χ2v) is 12.8. The van der Waals surface area contributed by atoms with E-state index in [0.29, 0.717) is 41.1 Å². The van der Waals surface area contributed by atoms with Gasteiger partial charge in [-0.3, -0.25) is 9.88 Å². The van der Waals surface area contributed by atoms with Gasteiger partial charge in [0.1, 0.15) is 28.4 Å². The molecule has 4 rings (SSSR count). The van der Waals surface area contributed by atoms with Gasteiger partial charge in [-0.25, -0.2) is 14.6 Å². The van der Waals surface area contributed by atoms with Crippen LogP contribution in [0.25, 0.3) is 5.65 Å². The molecule has 210 valence electrons. The molecule has 0 spiro atoms. The summed E-state index contributed by atoms with van der Waals surface area (Å²) in [6.07, 6.45) is 4.90. The third-order valence-electron chi connectivity index (χ3n) is 5.84. The zero-order valence-corrected chi connectivity index (χ0v) is 24.9. The van der Waals surface area contributed by atoms with Crippen LogP contribution in [0.4, 0.5) is 26.9 Å². The molecule has 39 heavy (non-hydrogen) atoms. The van der Waals surface area contributed by atoms with Crippen LogP contribution >= 0.6 is 15.9 Å². The summed E-state index contributed by atoms with van der Waals surface area (Å²) in [5.74, 6) is 1.03. The number of carbonyl (C=O) groups is 2. The number of anilines is 3. The number of aromatic nitrogens is 4. The lowest BCUT2D eigenvalue weighted by molar-refractivity contribution is -0.109. The maximum atomic E-state index is 13.5. The summed E-state index contributed by atoms with van der Waals surface area (Å²) in [6.45, 7) is 13.0. The Morgan fingerprint density at radius 3 is 2.46 bits per heavy atom. The summed E-state index contributed by atoms with van der Waals surface area (Å²) in [4.78, 5) is 36.2. The van der Waals surface area contributed by atoms with Gasteiger partial charge in [0, 0.05) is 18.8 Å². The molecule has 11 nitrogen and oxygen atoms in total. The molecule has 1 saturated carbocycles. The van der Waals surface area contributed by atoms with Crippen molar-refractivity contribution < 1.29 is 23.8 Å². The van der Waals surface area contributed by atoms with Gasteiger partial charge in [-0.05, 0) is 95.3 Å². The van der Waals surface area contributed by atoms with E-state index in [-0.39, 0.29) is 5.92 Å². The Kier molecular flexibility index (Phi) is 7.79. The summed E-state index contributed by atoms with van der Waals surface area (Å²) >= 11 is 3.51. The summed E-state index contributed by atoms with van der Waals surface area (Å²) in [7, 11) is 0. The van der Waals surface area contributed by atoms with E-state index in [2.05, 4.69) is 36.3 Å². The Labute approximate surface area is 236 Å². The van der Waals surface area contributed by atoms with E-state index < -0.39 is 29.1 Å². The van der Waals surface area contributed by atoms with Crippen LogP contribution in [0.1, 0.15) is 61.3 Å². The first kappa shape index (κ1) is 28.6. The van der Waals surface area contributed by atoms with Gasteiger partial charge in [-0.2, -0.15) is 9.61 Å². The molecule has 0 radical (unpaired) electrons. The number of nitrogens with one attached hydrogen (secondary N) is 1. The first-order valence-corrected chi connectivity index (χ1v) is 13.5. The smallest absolute Gasteiger partial charge is 0.443 e. The number of nitrogens with zero attached hydrogens (tertiary/aromatic N) is 5. The topological polar surface area (TPSA) is 120 Å². The molecule has 0 atom stereocenters. The molecule has 1 amide bonds. The van der Waals surface area contributed by atoms with E-state index in [9.17, 15) is 9.59 Å². The van der Waals surface area contributed by atoms with Crippen molar-refractivity contribution in [2.45, 2.75) is 78.1 Å². The Bertz CT molecular complexity index is 1340. The minimum Gasteiger partial charge on any atom is -0.443 e. The molecule has 1 N–H and O–H groups in total. The van der Waals surface area contributed by atoms with Crippen molar-refractivity contribution in [1.82, 2.24) is 19.6 Å². The number of carbonyl (C=O) groups excluding carboxylic acids is 2. The van der Waals surface area contributed by atoms with Crippen molar-refractivity contribution in [3.05, 3.63) is 41.3 Å². The maximum absolute atomic E-state index is 13.5. The van der Waals surface area contributed by atoms with Crippen LogP contribution < -0.4 is 10.2 Å². The van der Waals surface area contributed by atoms with Crippen LogP contribution in [0, 0.1) is 5.92 Å².